The van der Waals surface area contributed by atoms with Gasteiger partial charge in [-0.15, -0.1) is 0 Å². The molecular formula is C56H56ClF9N8O8. The van der Waals surface area contributed by atoms with Gasteiger partial charge in [-0.3, -0.25) is 43.5 Å². The maximum absolute atomic E-state index is 15.7. The number of carbonyl (C=O) groups excluding carboxylic acids is 4. The molecule has 0 radical (unpaired) electrons. The normalized spacial score (nSPS) is 14.5. The minimum atomic E-state index is -4.33. The summed E-state index contributed by atoms with van der Waals surface area (Å²) in [7, 11) is 1.31. The van der Waals surface area contributed by atoms with Crippen LogP contribution in [0.1, 0.15) is 87.2 Å². The van der Waals surface area contributed by atoms with Gasteiger partial charge in [0.25, 0.3) is 35.1 Å². The number of imide groups is 1. The summed E-state index contributed by atoms with van der Waals surface area (Å²) in [6, 6.07) is 16.8. The average Bonchev–Trinajstić information content (AvgIpc) is 3.08. The number of hydrogen-bond acceptors (Lipinski definition) is 13. The Labute approximate surface area is 468 Å². The molecule has 0 saturated carbocycles. The standard InChI is InChI=1S/C29H21ClF3N3O6.C25H27F6N5O2.2CH4/c1-2-42-28(41)20-24(37)22-23(21(30)16(12-34-22)11-15-7-9-17(31)10-8-15)35(27(20)40)13-29(32,33)14-36-25(38)18-5-3-4-6-19(18)26(36)39;1-35(14-25(29,30)31)8-2-7-32-23(38)18-11-36-13-24(27,28)12-34-19-16(9-15-3-5-17(26)6-4-15)10-33-20(21(19)36)22(18)37;;/h3-10,12,37H,2,11,13-14H2,1H3;3-6,10,34,37H,2,7-9,11-14H2,1H3,(H,32,38);2*1H4. The van der Waals surface area contributed by atoms with Crippen molar-refractivity contribution in [1.29, 1.82) is 0 Å². The quantitative estimate of drug-likeness (QED) is 0.0309. The second-order valence-electron chi connectivity index (χ2n) is 19.0. The third kappa shape index (κ3) is 13.9. The molecule has 438 valence electrons. The fraction of sp³-hybridized carbons (Fsp3) is 0.339. The summed E-state index contributed by atoms with van der Waals surface area (Å²) >= 11 is 6.61. The van der Waals surface area contributed by atoms with Crippen molar-refractivity contribution in [2.24, 2.45) is 0 Å². The van der Waals surface area contributed by atoms with Crippen LogP contribution < -0.4 is 21.1 Å². The summed E-state index contributed by atoms with van der Waals surface area (Å²) in [6.45, 7) is -4.27. The molecular weight excluding hydrogens is 1120 g/mol. The summed E-state index contributed by atoms with van der Waals surface area (Å²) in [5, 5.41) is 26.8. The molecule has 3 aromatic carbocycles. The number of halogens is 10. The van der Waals surface area contributed by atoms with Crippen LogP contribution in [0, 0.1) is 11.6 Å². The van der Waals surface area contributed by atoms with Crippen molar-refractivity contribution in [3.05, 3.63) is 162 Å². The van der Waals surface area contributed by atoms with Crippen LogP contribution in [-0.4, -0.2) is 136 Å². The van der Waals surface area contributed by atoms with Gasteiger partial charge >= 0.3 is 12.1 Å². The molecule has 26 heteroatoms. The van der Waals surface area contributed by atoms with Crippen molar-refractivity contribution in [2.75, 3.05) is 69.7 Å². The van der Waals surface area contributed by atoms with Gasteiger partial charge in [-0.2, -0.15) is 13.2 Å². The van der Waals surface area contributed by atoms with Crippen LogP contribution in [0.5, 0.6) is 5.75 Å². The van der Waals surface area contributed by atoms with E-state index in [9.17, 15) is 64.9 Å². The first kappa shape index (κ1) is 63.0. The van der Waals surface area contributed by atoms with Gasteiger partial charge in [-0.05, 0) is 80.0 Å². The van der Waals surface area contributed by atoms with Crippen LogP contribution in [-0.2, 0) is 28.9 Å². The van der Waals surface area contributed by atoms with Crippen molar-refractivity contribution >= 4 is 63.5 Å². The van der Waals surface area contributed by atoms with Crippen molar-refractivity contribution in [1.82, 2.24) is 29.7 Å². The fourth-order valence-corrected chi connectivity index (χ4v) is 9.65. The number of fused-ring (bicyclic) bond motifs is 2. The zero-order valence-electron chi connectivity index (χ0n) is 42.4. The molecule has 9 rings (SSSR count). The van der Waals surface area contributed by atoms with Crippen molar-refractivity contribution in [3.63, 3.8) is 0 Å². The number of aromatic nitrogens is 3. The molecule has 3 aromatic heterocycles. The summed E-state index contributed by atoms with van der Waals surface area (Å²) < 4.78 is 130. The van der Waals surface area contributed by atoms with Crippen LogP contribution in [0.15, 0.2) is 95.6 Å². The number of nitrogens with zero attached hydrogens (tertiary/aromatic N) is 6. The third-order valence-electron chi connectivity index (χ3n) is 13.0. The number of esters is 1. The number of aromatic hydroxyl groups is 1. The zero-order valence-corrected chi connectivity index (χ0v) is 43.1. The highest BCUT2D eigenvalue weighted by Gasteiger charge is 2.45. The summed E-state index contributed by atoms with van der Waals surface area (Å²) in [5.41, 5.74) is -0.687. The van der Waals surface area contributed by atoms with Gasteiger partial charge in [0.1, 0.15) is 22.8 Å². The average molecular weight is 1180 g/mol. The maximum atomic E-state index is 15.7. The number of alkyl halides is 7. The molecule has 0 aliphatic carbocycles. The second kappa shape index (κ2) is 25.3. The molecule has 82 heavy (non-hydrogen) atoms. The molecule has 0 bridgehead atoms. The number of nitrogens with one attached hydrogen (secondary N) is 2. The number of carbonyl (C=O) groups is 4. The molecule has 0 saturated heterocycles. The predicted octanol–water partition coefficient (Wildman–Crippen LogP) is 9.83. The summed E-state index contributed by atoms with van der Waals surface area (Å²) in [6.07, 6.45) is -1.15. The van der Waals surface area contributed by atoms with E-state index in [1.807, 2.05) is 0 Å². The molecule has 0 spiro atoms. The van der Waals surface area contributed by atoms with Crippen LogP contribution in [0.4, 0.5) is 50.9 Å². The number of ether oxygens (including phenoxy) is 1. The number of amides is 3. The number of anilines is 2. The number of aliphatic hydroxyl groups is 1. The van der Waals surface area contributed by atoms with Gasteiger partial charge in [-0.25, -0.2) is 31.1 Å². The van der Waals surface area contributed by atoms with E-state index in [1.165, 1.54) is 91.9 Å². The first-order valence-electron chi connectivity index (χ1n) is 24.5. The molecule has 3 aliphatic heterocycles. The van der Waals surface area contributed by atoms with Crippen LogP contribution in [0.25, 0.3) is 16.8 Å². The van der Waals surface area contributed by atoms with Crippen molar-refractivity contribution in [2.45, 2.75) is 65.6 Å². The van der Waals surface area contributed by atoms with Gasteiger partial charge in [0, 0.05) is 37.3 Å². The highest BCUT2D eigenvalue weighted by atomic mass is 35.5. The van der Waals surface area contributed by atoms with Crippen LogP contribution >= 0.6 is 11.6 Å². The Kier molecular flexibility index (Phi) is 19.4. The lowest BCUT2D eigenvalue weighted by atomic mass is 9.98. The van der Waals surface area contributed by atoms with Crippen molar-refractivity contribution < 1.29 is 73.6 Å². The predicted molar refractivity (Wildman–Crippen MR) is 288 cm³/mol. The number of pyridine rings is 3. The van der Waals surface area contributed by atoms with Gasteiger partial charge in [-0.1, -0.05) is 62.9 Å². The Hall–Kier alpha value is -8.19. The minimum absolute atomic E-state index is 0. The summed E-state index contributed by atoms with van der Waals surface area (Å²) in [5.74, 6) is -13.2. The lowest BCUT2D eigenvalue weighted by Gasteiger charge is -2.33. The topological polar surface area (TPSA) is 200 Å². The number of hydrogen-bond donors (Lipinski definition) is 4. The van der Waals surface area contributed by atoms with Gasteiger partial charge in [0.05, 0.1) is 84.5 Å². The Morgan fingerprint density at radius 3 is 2.00 bits per heavy atom. The molecule has 0 unspecified atom stereocenters. The third-order valence-corrected chi connectivity index (χ3v) is 13.4. The lowest BCUT2D eigenvalue weighted by molar-refractivity contribution is -0.143. The van der Waals surface area contributed by atoms with E-state index in [1.54, 1.807) is 12.1 Å². The Balaban J connectivity index is 0.000000259. The second-order valence-corrected chi connectivity index (χ2v) is 19.4. The monoisotopic (exact) mass is 1170 g/mol. The Morgan fingerprint density at radius 2 is 1.43 bits per heavy atom. The first-order valence-corrected chi connectivity index (χ1v) is 24.9. The fourth-order valence-electron chi connectivity index (χ4n) is 9.34. The largest absolute Gasteiger partial charge is 0.505 e. The van der Waals surface area contributed by atoms with Gasteiger partial charge in [0.15, 0.2) is 17.1 Å². The van der Waals surface area contributed by atoms with E-state index >= 15 is 8.78 Å². The molecule has 6 aromatic rings. The SMILES string of the molecule is C.C.CCOC(=O)c1c(O)c2ncc(Cc3ccc(F)cc3)c(Cl)c2n(CC(F)(F)CN2C(=O)c3ccccc3C2=O)c1=O.CN(CCCNC(=O)C1=C(O)c2ncc(Cc3ccc(F)cc3)c3c2N(C1)CC(F)(F)CN3)CC(F)(F)F. The molecule has 16 nitrogen and oxygen atoms in total. The van der Waals surface area contributed by atoms with Crippen LogP contribution in [0.2, 0.25) is 5.02 Å². The number of aliphatic hydroxyl groups excluding tert-OH is 1. The maximum Gasteiger partial charge on any atom is 0.401 e. The smallest absolute Gasteiger partial charge is 0.401 e. The Morgan fingerprint density at radius 1 is 0.854 bits per heavy atom. The van der Waals surface area contributed by atoms with Gasteiger partial charge in [0.2, 0.25) is 0 Å². The highest BCUT2D eigenvalue weighted by molar-refractivity contribution is 6.36. The molecule has 0 fully saturated rings. The zero-order chi connectivity index (χ0) is 58.0. The number of rotatable bonds is 16. The molecule has 3 amide bonds. The van der Waals surface area contributed by atoms with E-state index in [-0.39, 0.29) is 99.0 Å². The van der Waals surface area contributed by atoms with E-state index in [4.69, 9.17) is 16.3 Å². The van der Waals surface area contributed by atoms with E-state index in [0.29, 0.717) is 26.3 Å². The molecule has 4 N–H and O–H groups in total. The van der Waals surface area contributed by atoms with Crippen molar-refractivity contribution in [3.8, 4) is 5.75 Å². The minimum Gasteiger partial charge on any atom is -0.505 e. The number of benzene rings is 3. The molecule has 6 heterocycles. The van der Waals surface area contributed by atoms with Gasteiger partial charge < -0.3 is 30.5 Å². The first-order chi connectivity index (χ1) is 37.8. The summed E-state index contributed by atoms with van der Waals surface area (Å²) in [4.78, 5) is 75.5. The van der Waals surface area contributed by atoms with E-state index < -0.39 is 120 Å². The molecule has 0 atom stereocenters. The lowest BCUT2D eigenvalue weighted by Crippen LogP contribution is -2.44. The van der Waals surface area contributed by atoms with E-state index in [2.05, 4.69) is 20.6 Å². The van der Waals surface area contributed by atoms with E-state index in [0.717, 1.165) is 10.5 Å². The highest BCUT2D eigenvalue weighted by Crippen LogP contribution is 2.44. The van der Waals surface area contributed by atoms with Crippen LogP contribution in [0.3, 0.4) is 0 Å². The Bertz CT molecular complexity index is 3460. The molecule has 3 aliphatic rings.